The minimum Gasteiger partial charge on any atom is -0.465 e. The molecule has 0 spiro atoms. The number of nitrogens with one attached hydrogen (secondary N) is 1. The number of aromatic amines is 1. The van der Waals surface area contributed by atoms with Crippen LogP contribution in [0.2, 0.25) is 0 Å². The van der Waals surface area contributed by atoms with E-state index in [1.54, 1.807) is 12.3 Å². The van der Waals surface area contributed by atoms with Crippen LogP contribution in [0.3, 0.4) is 0 Å². The third kappa shape index (κ3) is 1.45. The second kappa shape index (κ2) is 3.59. The van der Waals surface area contributed by atoms with Crippen molar-refractivity contribution in [2.45, 2.75) is 0 Å². The number of benzene rings is 1. The standard InChI is InChI=1S/C13H10N2O2/c1-17-13(16)8-4-5-11-10(7-8)9-3-2-6-14-12(9)15-11/h2-7H,1H3,(H,14,15). The summed E-state index contributed by atoms with van der Waals surface area (Å²) in [4.78, 5) is 18.9. The van der Waals surface area contributed by atoms with Gasteiger partial charge in [-0.05, 0) is 30.3 Å². The number of aromatic nitrogens is 2. The number of esters is 1. The van der Waals surface area contributed by atoms with Gasteiger partial charge < -0.3 is 9.72 Å². The van der Waals surface area contributed by atoms with E-state index in [0.29, 0.717) is 5.56 Å². The fourth-order valence-electron chi connectivity index (χ4n) is 1.97. The lowest BCUT2D eigenvalue weighted by molar-refractivity contribution is 0.0601. The summed E-state index contributed by atoms with van der Waals surface area (Å²) in [7, 11) is 1.38. The Morgan fingerprint density at radius 3 is 3.00 bits per heavy atom. The van der Waals surface area contributed by atoms with Crippen molar-refractivity contribution in [3.63, 3.8) is 0 Å². The van der Waals surface area contributed by atoms with Gasteiger partial charge in [0.2, 0.25) is 0 Å². The minimum atomic E-state index is -0.329. The van der Waals surface area contributed by atoms with Gasteiger partial charge in [-0.3, -0.25) is 0 Å². The van der Waals surface area contributed by atoms with Crippen LogP contribution in [-0.4, -0.2) is 23.0 Å². The molecule has 0 saturated heterocycles. The Balaban J connectivity index is 2.33. The van der Waals surface area contributed by atoms with E-state index in [9.17, 15) is 4.79 Å². The largest absolute Gasteiger partial charge is 0.465 e. The fourth-order valence-corrected chi connectivity index (χ4v) is 1.97. The number of hydrogen-bond donors (Lipinski definition) is 1. The number of rotatable bonds is 1. The van der Waals surface area contributed by atoms with E-state index >= 15 is 0 Å². The molecule has 4 nitrogen and oxygen atoms in total. The van der Waals surface area contributed by atoms with Crippen molar-refractivity contribution in [1.29, 1.82) is 0 Å². The van der Waals surface area contributed by atoms with Crippen LogP contribution < -0.4 is 0 Å². The van der Waals surface area contributed by atoms with E-state index in [-0.39, 0.29) is 5.97 Å². The maximum Gasteiger partial charge on any atom is 0.337 e. The van der Waals surface area contributed by atoms with E-state index in [1.807, 2.05) is 24.3 Å². The summed E-state index contributed by atoms with van der Waals surface area (Å²) in [6.45, 7) is 0. The van der Waals surface area contributed by atoms with Gasteiger partial charge in [0.25, 0.3) is 0 Å². The molecule has 0 bridgehead atoms. The summed E-state index contributed by atoms with van der Waals surface area (Å²) in [6.07, 6.45) is 1.74. The number of nitrogens with zero attached hydrogens (tertiary/aromatic N) is 1. The molecular weight excluding hydrogens is 216 g/mol. The molecule has 0 aliphatic heterocycles. The van der Waals surface area contributed by atoms with Crippen LogP contribution in [0.4, 0.5) is 0 Å². The van der Waals surface area contributed by atoms with E-state index < -0.39 is 0 Å². The molecule has 0 aliphatic rings. The Morgan fingerprint density at radius 1 is 1.29 bits per heavy atom. The van der Waals surface area contributed by atoms with E-state index in [0.717, 1.165) is 21.9 Å². The smallest absolute Gasteiger partial charge is 0.337 e. The first-order valence-corrected chi connectivity index (χ1v) is 5.24. The van der Waals surface area contributed by atoms with Gasteiger partial charge in [0.1, 0.15) is 5.65 Å². The zero-order valence-corrected chi connectivity index (χ0v) is 9.23. The third-order valence-corrected chi connectivity index (χ3v) is 2.79. The zero-order chi connectivity index (χ0) is 11.8. The first-order valence-electron chi connectivity index (χ1n) is 5.24. The molecule has 1 aromatic carbocycles. The number of carbonyl (C=O) groups is 1. The van der Waals surface area contributed by atoms with Crippen molar-refractivity contribution in [3.8, 4) is 0 Å². The maximum atomic E-state index is 11.5. The Morgan fingerprint density at radius 2 is 2.18 bits per heavy atom. The van der Waals surface area contributed by atoms with Crippen LogP contribution in [-0.2, 0) is 4.74 Å². The van der Waals surface area contributed by atoms with Gasteiger partial charge in [0.15, 0.2) is 0 Å². The van der Waals surface area contributed by atoms with Gasteiger partial charge in [-0.1, -0.05) is 0 Å². The Bertz CT molecular complexity index is 716. The summed E-state index contributed by atoms with van der Waals surface area (Å²) in [6, 6.07) is 9.27. The van der Waals surface area contributed by atoms with Crippen LogP contribution in [0.1, 0.15) is 10.4 Å². The molecule has 2 aromatic heterocycles. The first-order chi connectivity index (χ1) is 8.29. The van der Waals surface area contributed by atoms with Crippen molar-refractivity contribution in [2.24, 2.45) is 0 Å². The highest BCUT2D eigenvalue weighted by Crippen LogP contribution is 2.24. The number of methoxy groups -OCH3 is 1. The topological polar surface area (TPSA) is 55.0 Å². The molecule has 17 heavy (non-hydrogen) atoms. The predicted molar refractivity (Wildman–Crippen MR) is 64.9 cm³/mol. The molecule has 3 rings (SSSR count). The SMILES string of the molecule is COC(=O)c1ccc2[nH]c3ncccc3c2c1. The molecule has 0 radical (unpaired) electrons. The van der Waals surface area contributed by atoms with Gasteiger partial charge in [-0.2, -0.15) is 0 Å². The first kappa shape index (κ1) is 9.84. The van der Waals surface area contributed by atoms with Crippen molar-refractivity contribution in [3.05, 3.63) is 42.1 Å². The van der Waals surface area contributed by atoms with Gasteiger partial charge in [0, 0.05) is 22.5 Å². The molecule has 0 amide bonds. The normalized spacial score (nSPS) is 10.9. The summed E-state index contributed by atoms with van der Waals surface area (Å²) < 4.78 is 4.71. The molecule has 2 heterocycles. The molecule has 3 aromatic rings. The van der Waals surface area contributed by atoms with Crippen LogP contribution in [0, 0.1) is 0 Å². The number of pyridine rings is 1. The van der Waals surface area contributed by atoms with Crippen molar-refractivity contribution < 1.29 is 9.53 Å². The number of fused-ring (bicyclic) bond motifs is 3. The van der Waals surface area contributed by atoms with Crippen molar-refractivity contribution in [1.82, 2.24) is 9.97 Å². The highest BCUT2D eigenvalue weighted by atomic mass is 16.5. The number of hydrogen-bond acceptors (Lipinski definition) is 3. The van der Waals surface area contributed by atoms with Gasteiger partial charge in [0.05, 0.1) is 12.7 Å². The highest BCUT2D eigenvalue weighted by molar-refractivity contribution is 6.08. The Hall–Kier alpha value is -2.36. The predicted octanol–water partition coefficient (Wildman–Crippen LogP) is 2.50. The lowest BCUT2D eigenvalue weighted by Crippen LogP contribution is -2.00. The molecule has 0 saturated carbocycles. The summed E-state index contributed by atoms with van der Waals surface area (Å²) in [5.41, 5.74) is 2.33. The van der Waals surface area contributed by atoms with E-state index in [4.69, 9.17) is 4.74 Å². The van der Waals surface area contributed by atoms with Crippen LogP contribution >= 0.6 is 0 Å². The average Bonchev–Trinajstić information content (AvgIpc) is 2.75. The minimum absolute atomic E-state index is 0.329. The van der Waals surface area contributed by atoms with Gasteiger partial charge in [-0.15, -0.1) is 0 Å². The fraction of sp³-hybridized carbons (Fsp3) is 0.0769. The molecule has 84 valence electrons. The molecule has 4 heteroatoms. The monoisotopic (exact) mass is 226 g/mol. The maximum absolute atomic E-state index is 11.5. The number of carbonyl (C=O) groups excluding carboxylic acids is 1. The summed E-state index contributed by atoms with van der Waals surface area (Å²) in [5, 5.41) is 1.99. The number of ether oxygens (including phenoxy) is 1. The second-order valence-electron chi connectivity index (χ2n) is 3.78. The Kier molecular flexibility index (Phi) is 2.08. The van der Waals surface area contributed by atoms with Crippen LogP contribution in [0.5, 0.6) is 0 Å². The zero-order valence-electron chi connectivity index (χ0n) is 9.23. The van der Waals surface area contributed by atoms with Gasteiger partial charge in [-0.25, -0.2) is 9.78 Å². The molecule has 0 atom stereocenters. The lowest BCUT2D eigenvalue weighted by atomic mass is 10.1. The average molecular weight is 226 g/mol. The van der Waals surface area contributed by atoms with Crippen LogP contribution in [0.25, 0.3) is 21.9 Å². The van der Waals surface area contributed by atoms with Crippen molar-refractivity contribution in [2.75, 3.05) is 7.11 Å². The van der Waals surface area contributed by atoms with Crippen molar-refractivity contribution >= 4 is 27.9 Å². The quantitative estimate of drug-likeness (QED) is 0.648. The third-order valence-electron chi connectivity index (χ3n) is 2.79. The second-order valence-corrected chi connectivity index (χ2v) is 3.78. The molecular formula is C13H10N2O2. The molecule has 0 fully saturated rings. The lowest BCUT2D eigenvalue weighted by Gasteiger charge is -1.98. The highest BCUT2D eigenvalue weighted by Gasteiger charge is 2.09. The van der Waals surface area contributed by atoms with Crippen LogP contribution in [0.15, 0.2) is 36.5 Å². The summed E-state index contributed by atoms with van der Waals surface area (Å²) >= 11 is 0. The number of H-pyrrole nitrogens is 1. The van der Waals surface area contributed by atoms with E-state index in [1.165, 1.54) is 7.11 Å². The Labute approximate surface area is 97.2 Å². The summed E-state index contributed by atoms with van der Waals surface area (Å²) in [5.74, 6) is -0.329. The molecule has 1 N–H and O–H groups in total. The van der Waals surface area contributed by atoms with E-state index in [2.05, 4.69) is 9.97 Å². The molecule has 0 unspecified atom stereocenters. The van der Waals surface area contributed by atoms with Gasteiger partial charge >= 0.3 is 5.97 Å². The molecule has 0 aliphatic carbocycles.